The molecule has 0 aliphatic heterocycles. The van der Waals surface area contributed by atoms with Crippen molar-refractivity contribution in [3.63, 3.8) is 0 Å². The van der Waals surface area contributed by atoms with Gasteiger partial charge in [0, 0.05) is 19.6 Å². The Morgan fingerprint density at radius 1 is 1.62 bits per heavy atom. The van der Waals surface area contributed by atoms with E-state index in [0.717, 1.165) is 18.9 Å². The minimum absolute atomic E-state index is 0.0515. The van der Waals surface area contributed by atoms with E-state index in [4.69, 9.17) is 0 Å². The van der Waals surface area contributed by atoms with Crippen molar-refractivity contribution in [1.29, 1.82) is 0 Å². The Hall–Kier alpha value is -0.730. The van der Waals surface area contributed by atoms with E-state index in [-0.39, 0.29) is 6.03 Å². The van der Waals surface area contributed by atoms with E-state index in [9.17, 15) is 4.79 Å². The van der Waals surface area contributed by atoms with Crippen LogP contribution in [0.4, 0.5) is 4.79 Å². The van der Waals surface area contributed by atoms with Gasteiger partial charge < -0.3 is 10.2 Å². The molecule has 1 fully saturated rings. The van der Waals surface area contributed by atoms with Crippen LogP contribution in [0.5, 0.6) is 0 Å². The van der Waals surface area contributed by atoms with Gasteiger partial charge in [-0.05, 0) is 26.2 Å². The second-order valence-corrected chi connectivity index (χ2v) is 4.04. The van der Waals surface area contributed by atoms with E-state index in [1.54, 1.807) is 4.90 Å². The Balaban J connectivity index is 2.17. The lowest BCUT2D eigenvalue weighted by Crippen LogP contribution is -2.41. The predicted octanol–water partition coefficient (Wildman–Crippen LogP) is 1.84. The van der Waals surface area contributed by atoms with Gasteiger partial charge in [0.05, 0.1) is 0 Å². The van der Waals surface area contributed by atoms with Gasteiger partial charge in [-0.15, -0.1) is 0 Å². The first-order valence-electron chi connectivity index (χ1n) is 5.15. The summed E-state index contributed by atoms with van der Waals surface area (Å²) in [5.74, 6) is 0.877. The zero-order valence-corrected chi connectivity index (χ0v) is 8.84. The second-order valence-electron chi connectivity index (χ2n) is 4.04. The molecule has 1 atom stereocenters. The number of hydrogen-bond donors (Lipinski definition) is 1. The molecule has 1 unspecified atom stereocenters. The molecule has 0 aromatic heterocycles. The van der Waals surface area contributed by atoms with E-state index in [1.165, 1.54) is 12.8 Å². The maximum Gasteiger partial charge on any atom is 0.317 e. The summed E-state index contributed by atoms with van der Waals surface area (Å²) in [6.07, 6.45) is 3.84. The average molecular weight is 184 g/mol. The normalized spacial score (nSPS) is 18.1. The fourth-order valence-electron chi connectivity index (χ4n) is 1.38. The molecule has 0 bridgehead atoms. The van der Waals surface area contributed by atoms with Gasteiger partial charge in [0.15, 0.2) is 0 Å². The summed E-state index contributed by atoms with van der Waals surface area (Å²) < 4.78 is 0. The maximum atomic E-state index is 11.4. The Bertz CT molecular complexity index is 178. The highest BCUT2D eigenvalue weighted by atomic mass is 16.2. The molecule has 3 nitrogen and oxygen atoms in total. The van der Waals surface area contributed by atoms with Crippen molar-refractivity contribution in [3.05, 3.63) is 0 Å². The smallest absolute Gasteiger partial charge is 0.317 e. The molecule has 1 aliphatic carbocycles. The van der Waals surface area contributed by atoms with E-state index in [2.05, 4.69) is 12.2 Å². The third-order valence-electron chi connectivity index (χ3n) is 2.57. The highest BCUT2D eigenvalue weighted by Gasteiger charge is 2.24. The third kappa shape index (κ3) is 3.66. The monoisotopic (exact) mass is 184 g/mol. The largest absolute Gasteiger partial charge is 0.336 e. The number of carbonyl (C=O) groups excluding carboxylic acids is 1. The number of nitrogens with one attached hydrogen (secondary N) is 1. The summed E-state index contributed by atoms with van der Waals surface area (Å²) in [7, 11) is 1.82. The van der Waals surface area contributed by atoms with Crippen molar-refractivity contribution in [1.82, 2.24) is 10.2 Å². The van der Waals surface area contributed by atoms with Gasteiger partial charge in [-0.2, -0.15) is 0 Å². The number of carbonyl (C=O) groups is 1. The van der Waals surface area contributed by atoms with Gasteiger partial charge >= 0.3 is 6.03 Å². The SMILES string of the molecule is CCN(C)C(=O)NC(C)CC1CC1. The standard InChI is InChI=1S/C10H20N2O/c1-4-12(3)10(13)11-8(2)7-9-5-6-9/h8-9H,4-7H2,1-3H3,(H,11,13). The minimum Gasteiger partial charge on any atom is -0.336 e. The third-order valence-corrected chi connectivity index (χ3v) is 2.57. The summed E-state index contributed by atoms with van der Waals surface area (Å²) in [6.45, 7) is 4.83. The van der Waals surface area contributed by atoms with Gasteiger partial charge in [0.1, 0.15) is 0 Å². The van der Waals surface area contributed by atoms with Crippen molar-refractivity contribution >= 4 is 6.03 Å². The molecule has 2 amide bonds. The molecule has 1 aliphatic rings. The number of nitrogens with zero attached hydrogens (tertiary/aromatic N) is 1. The molecule has 0 spiro atoms. The first-order chi connectivity index (χ1) is 6.13. The van der Waals surface area contributed by atoms with Gasteiger partial charge in [-0.1, -0.05) is 12.8 Å². The molecule has 1 saturated carbocycles. The Morgan fingerprint density at radius 2 is 2.23 bits per heavy atom. The van der Waals surface area contributed by atoms with Crippen LogP contribution in [0.15, 0.2) is 0 Å². The van der Waals surface area contributed by atoms with Crippen molar-refractivity contribution in [3.8, 4) is 0 Å². The van der Waals surface area contributed by atoms with Crippen LogP contribution in [0.1, 0.15) is 33.1 Å². The first-order valence-corrected chi connectivity index (χ1v) is 5.15. The van der Waals surface area contributed by atoms with Crippen LogP contribution in [-0.4, -0.2) is 30.6 Å². The fourth-order valence-corrected chi connectivity index (χ4v) is 1.38. The van der Waals surface area contributed by atoms with Gasteiger partial charge in [0.2, 0.25) is 0 Å². The molecular weight excluding hydrogens is 164 g/mol. The Morgan fingerprint density at radius 3 is 2.69 bits per heavy atom. The summed E-state index contributed by atoms with van der Waals surface area (Å²) in [6, 6.07) is 0.379. The first kappa shape index (κ1) is 10.4. The summed E-state index contributed by atoms with van der Waals surface area (Å²) >= 11 is 0. The second kappa shape index (κ2) is 4.49. The predicted molar refractivity (Wildman–Crippen MR) is 53.6 cm³/mol. The number of urea groups is 1. The van der Waals surface area contributed by atoms with Crippen molar-refractivity contribution in [2.24, 2.45) is 5.92 Å². The fraction of sp³-hybridized carbons (Fsp3) is 0.900. The van der Waals surface area contributed by atoms with Crippen LogP contribution in [0.2, 0.25) is 0 Å². The lowest BCUT2D eigenvalue weighted by atomic mass is 10.2. The molecule has 1 rings (SSSR count). The molecule has 0 saturated heterocycles. The average Bonchev–Trinajstić information content (AvgIpc) is 2.86. The van der Waals surface area contributed by atoms with Crippen molar-refractivity contribution in [2.45, 2.75) is 39.2 Å². The Kier molecular flexibility index (Phi) is 3.58. The van der Waals surface area contributed by atoms with Gasteiger partial charge in [-0.3, -0.25) is 0 Å². The van der Waals surface area contributed by atoms with Gasteiger partial charge in [-0.25, -0.2) is 4.79 Å². The Labute approximate surface area is 80.5 Å². The molecule has 76 valence electrons. The van der Waals surface area contributed by atoms with Crippen LogP contribution < -0.4 is 5.32 Å². The number of hydrogen-bond acceptors (Lipinski definition) is 1. The minimum atomic E-state index is 0.0515. The van der Waals surface area contributed by atoms with Crippen LogP contribution in [0.25, 0.3) is 0 Å². The van der Waals surface area contributed by atoms with Crippen LogP contribution in [-0.2, 0) is 0 Å². The van der Waals surface area contributed by atoms with E-state index >= 15 is 0 Å². The molecule has 0 aromatic rings. The molecule has 3 heteroatoms. The summed E-state index contributed by atoms with van der Waals surface area (Å²) in [4.78, 5) is 13.1. The highest BCUT2D eigenvalue weighted by Crippen LogP contribution is 2.33. The maximum absolute atomic E-state index is 11.4. The van der Waals surface area contributed by atoms with Crippen molar-refractivity contribution in [2.75, 3.05) is 13.6 Å². The quantitative estimate of drug-likeness (QED) is 0.710. The molecular formula is C10H20N2O. The van der Waals surface area contributed by atoms with Gasteiger partial charge in [0.25, 0.3) is 0 Å². The zero-order valence-electron chi connectivity index (χ0n) is 8.84. The summed E-state index contributed by atoms with van der Waals surface area (Å²) in [5, 5.41) is 2.99. The molecule has 0 heterocycles. The lowest BCUT2D eigenvalue weighted by Gasteiger charge is -2.19. The lowest BCUT2D eigenvalue weighted by molar-refractivity contribution is 0.206. The van der Waals surface area contributed by atoms with Crippen LogP contribution in [0, 0.1) is 5.92 Å². The van der Waals surface area contributed by atoms with E-state index < -0.39 is 0 Å². The number of amides is 2. The molecule has 0 aromatic carbocycles. The molecule has 1 N–H and O–H groups in total. The highest BCUT2D eigenvalue weighted by molar-refractivity contribution is 5.74. The van der Waals surface area contributed by atoms with E-state index in [1.807, 2.05) is 14.0 Å². The molecule has 0 radical (unpaired) electrons. The van der Waals surface area contributed by atoms with Crippen LogP contribution in [0.3, 0.4) is 0 Å². The summed E-state index contributed by atoms with van der Waals surface area (Å²) in [5.41, 5.74) is 0. The van der Waals surface area contributed by atoms with E-state index in [0.29, 0.717) is 6.04 Å². The van der Waals surface area contributed by atoms with Crippen LogP contribution >= 0.6 is 0 Å². The topological polar surface area (TPSA) is 32.3 Å². The zero-order chi connectivity index (χ0) is 9.84. The number of rotatable bonds is 4. The van der Waals surface area contributed by atoms with Crippen molar-refractivity contribution < 1.29 is 4.79 Å². The molecule has 13 heavy (non-hydrogen) atoms.